The minimum Gasteiger partial charge on any atom is -0.373 e. The molecule has 24 heavy (non-hydrogen) atoms. The summed E-state index contributed by atoms with van der Waals surface area (Å²) in [5.41, 5.74) is 2.34. The van der Waals surface area contributed by atoms with Gasteiger partial charge in [-0.25, -0.2) is 4.98 Å². The van der Waals surface area contributed by atoms with Gasteiger partial charge in [-0.05, 0) is 49.9 Å². The van der Waals surface area contributed by atoms with Gasteiger partial charge in [0.05, 0.1) is 5.69 Å². The largest absolute Gasteiger partial charge is 0.373 e. The summed E-state index contributed by atoms with van der Waals surface area (Å²) in [5, 5.41) is 14.7. The Bertz CT molecular complexity index is 642. The lowest BCUT2D eigenvalue weighted by molar-refractivity contribution is 0.166. The molecule has 1 atom stereocenters. The Morgan fingerprint density at radius 1 is 1.17 bits per heavy atom. The average molecular weight is 326 g/mol. The van der Waals surface area contributed by atoms with Gasteiger partial charge in [0, 0.05) is 38.9 Å². The van der Waals surface area contributed by atoms with Crippen LogP contribution in [0, 0.1) is 5.92 Å². The SMILES string of the molecule is CNc1ccc(CC2CCCN(Cc3cccnc3NC)C2)nn1. The highest BCUT2D eigenvalue weighted by Crippen LogP contribution is 2.23. The zero-order chi connectivity index (χ0) is 16.8. The van der Waals surface area contributed by atoms with Crippen LogP contribution in [0.15, 0.2) is 30.5 Å². The zero-order valence-electron chi connectivity index (χ0n) is 14.5. The van der Waals surface area contributed by atoms with Crippen molar-refractivity contribution in [3.63, 3.8) is 0 Å². The molecule has 1 aliphatic rings. The van der Waals surface area contributed by atoms with Crippen LogP contribution in [0.3, 0.4) is 0 Å². The second-order valence-electron chi connectivity index (χ2n) is 6.37. The van der Waals surface area contributed by atoms with Crippen molar-refractivity contribution in [2.24, 2.45) is 5.92 Å². The van der Waals surface area contributed by atoms with E-state index >= 15 is 0 Å². The predicted octanol–water partition coefficient (Wildman–Crippen LogP) is 2.41. The lowest BCUT2D eigenvalue weighted by Crippen LogP contribution is -2.36. The van der Waals surface area contributed by atoms with Crippen molar-refractivity contribution in [3.8, 4) is 0 Å². The molecule has 0 amide bonds. The summed E-state index contributed by atoms with van der Waals surface area (Å²) >= 11 is 0. The maximum Gasteiger partial charge on any atom is 0.148 e. The number of aromatic nitrogens is 3. The van der Waals surface area contributed by atoms with Crippen molar-refractivity contribution >= 4 is 11.6 Å². The van der Waals surface area contributed by atoms with E-state index in [0.29, 0.717) is 5.92 Å². The molecule has 0 aromatic carbocycles. The highest BCUT2D eigenvalue weighted by molar-refractivity contribution is 5.42. The molecule has 6 heteroatoms. The molecule has 0 spiro atoms. The van der Waals surface area contributed by atoms with Crippen molar-refractivity contribution in [1.82, 2.24) is 20.1 Å². The van der Waals surface area contributed by atoms with Crippen molar-refractivity contribution in [1.29, 1.82) is 0 Å². The van der Waals surface area contributed by atoms with Gasteiger partial charge >= 0.3 is 0 Å². The first-order valence-electron chi connectivity index (χ1n) is 8.63. The van der Waals surface area contributed by atoms with Gasteiger partial charge in [0.2, 0.25) is 0 Å². The molecule has 1 unspecified atom stereocenters. The lowest BCUT2D eigenvalue weighted by atomic mass is 9.93. The van der Waals surface area contributed by atoms with Gasteiger partial charge in [0.25, 0.3) is 0 Å². The van der Waals surface area contributed by atoms with Crippen LogP contribution < -0.4 is 10.6 Å². The Hall–Kier alpha value is -2.21. The fraction of sp³-hybridized carbons (Fsp3) is 0.500. The predicted molar refractivity (Wildman–Crippen MR) is 97.1 cm³/mol. The van der Waals surface area contributed by atoms with E-state index in [-0.39, 0.29) is 0 Å². The standard InChI is InChI=1S/C18H26N6/c1-19-17-8-7-16(22-23-17)11-14-5-4-10-24(12-14)13-15-6-3-9-21-18(15)20-2/h3,6-9,14H,4-5,10-13H2,1-2H3,(H,19,23)(H,20,21). The number of anilines is 2. The third-order valence-corrected chi connectivity index (χ3v) is 4.60. The van der Waals surface area contributed by atoms with Crippen molar-refractivity contribution in [2.75, 3.05) is 37.8 Å². The van der Waals surface area contributed by atoms with Crippen LogP contribution in [0.4, 0.5) is 11.6 Å². The lowest BCUT2D eigenvalue weighted by Gasteiger charge is -2.32. The quantitative estimate of drug-likeness (QED) is 0.850. The van der Waals surface area contributed by atoms with E-state index in [2.05, 4.69) is 42.8 Å². The van der Waals surface area contributed by atoms with E-state index in [1.165, 1.54) is 18.4 Å². The summed E-state index contributed by atoms with van der Waals surface area (Å²) in [6, 6.07) is 8.25. The van der Waals surface area contributed by atoms with Gasteiger partial charge in [-0.1, -0.05) is 6.07 Å². The van der Waals surface area contributed by atoms with Crippen molar-refractivity contribution < 1.29 is 0 Å². The first kappa shape index (κ1) is 16.6. The van der Waals surface area contributed by atoms with Crippen LogP contribution in [-0.4, -0.2) is 47.3 Å². The van der Waals surface area contributed by atoms with Crippen LogP contribution >= 0.6 is 0 Å². The maximum atomic E-state index is 4.40. The van der Waals surface area contributed by atoms with E-state index in [9.17, 15) is 0 Å². The second-order valence-corrected chi connectivity index (χ2v) is 6.37. The van der Waals surface area contributed by atoms with Crippen LogP contribution in [0.1, 0.15) is 24.1 Å². The summed E-state index contributed by atoms with van der Waals surface area (Å²) in [6.45, 7) is 3.21. The fourth-order valence-electron chi connectivity index (χ4n) is 3.39. The third kappa shape index (κ3) is 4.20. The Labute approximate surface area is 143 Å². The van der Waals surface area contributed by atoms with E-state index in [0.717, 1.165) is 43.4 Å². The summed E-state index contributed by atoms with van der Waals surface area (Å²) in [7, 11) is 3.79. The van der Waals surface area contributed by atoms with E-state index < -0.39 is 0 Å². The van der Waals surface area contributed by atoms with Gasteiger partial charge in [-0.2, -0.15) is 5.10 Å². The third-order valence-electron chi connectivity index (χ3n) is 4.60. The van der Waals surface area contributed by atoms with E-state index in [1.54, 1.807) is 0 Å². The van der Waals surface area contributed by atoms with Crippen molar-refractivity contribution in [2.45, 2.75) is 25.8 Å². The van der Waals surface area contributed by atoms with Gasteiger partial charge in [0.15, 0.2) is 0 Å². The molecule has 6 nitrogen and oxygen atoms in total. The number of likely N-dealkylation sites (tertiary alicyclic amines) is 1. The van der Waals surface area contributed by atoms with Gasteiger partial charge in [-0.15, -0.1) is 5.10 Å². The first-order chi connectivity index (χ1) is 11.8. The molecule has 0 saturated carbocycles. The molecule has 3 rings (SSSR count). The number of hydrogen-bond donors (Lipinski definition) is 2. The molecule has 0 bridgehead atoms. The van der Waals surface area contributed by atoms with Gasteiger partial charge < -0.3 is 10.6 Å². The van der Waals surface area contributed by atoms with Crippen LogP contribution in [0.2, 0.25) is 0 Å². The molecule has 1 aliphatic heterocycles. The van der Waals surface area contributed by atoms with Crippen LogP contribution in [-0.2, 0) is 13.0 Å². The summed E-state index contributed by atoms with van der Waals surface area (Å²) in [4.78, 5) is 6.93. The second kappa shape index (κ2) is 8.06. The highest BCUT2D eigenvalue weighted by Gasteiger charge is 2.21. The smallest absolute Gasteiger partial charge is 0.148 e. The number of rotatable bonds is 6. The number of hydrogen-bond acceptors (Lipinski definition) is 6. The Kier molecular flexibility index (Phi) is 5.59. The topological polar surface area (TPSA) is 66.0 Å². The van der Waals surface area contributed by atoms with Gasteiger partial charge in [0.1, 0.15) is 11.6 Å². The normalized spacial score (nSPS) is 18.3. The molecule has 0 aliphatic carbocycles. The maximum absolute atomic E-state index is 4.40. The highest BCUT2D eigenvalue weighted by atomic mass is 15.2. The summed E-state index contributed by atoms with van der Waals surface area (Å²) in [5.74, 6) is 2.44. The molecule has 2 aromatic heterocycles. The van der Waals surface area contributed by atoms with Gasteiger partial charge in [-0.3, -0.25) is 4.90 Å². The van der Waals surface area contributed by atoms with Crippen LogP contribution in [0.25, 0.3) is 0 Å². The van der Waals surface area contributed by atoms with Crippen molar-refractivity contribution in [3.05, 3.63) is 41.7 Å². The average Bonchev–Trinajstić information content (AvgIpc) is 2.63. The summed E-state index contributed by atoms with van der Waals surface area (Å²) in [6.07, 6.45) is 5.33. The molecule has 2 aromatic rings. The molecule has 3 heterocycles. The number of pyridine rings is 1. The number of piperidine rings is 1. The molecule has 1 saturated heterocycles. The fourth-order valence-corrected chi connectivity index (χ4v) is 3.39. The summed E-state index contributed by atoms with van der Waals surface area (Å²) < 4.78 is 0. The van der Waals surface area contributed by atoms with Crippen LogP contribution in [0.5, 0.6) is 0 Å². The van der Waals surface area contributed by atoms with E-state index in [1.807, 2.05) is 32.4 Å². The molecule has 0 radical (unpaired) electrons. The zero-order valence-corrected chi connectivity index (χ0v) is 14.5. The number of nitrogens with one attached hydrogen (secondary N) is 2. The molecule has 2 N–H and O–H groups in total. The molecular weight excluding hydrogens is 300 g/mol. The first-order valence-corrected chi connectivity index (χ1v) is 8.63. The van der Waals surface area contributed by atoms with E-state index in [4.69, 9.17) is 0 Å². The minimum atomic E-state index is 0.642. The molecule has 1 fully saturated rings. The minimum absolute atomic E-state index is 0.642. The monoisotopic (exact) mass is 326 g/mol. The Morgan fingerprint density at radius 3 is 2.83 bits per heavy atom. The number of nitrogens with zero attached hydrogens (tertiary/aromatic N) is 4. The molecular formula is C18H26N6. The Morgan fingerprint density at radius 2 is 2.08 bits per heavy atom. The molecule has 128 valence electrons. The Balaban J connectivity index is 1.59.